The van der Waals surface area contributed by atoms with Gasteiger partial charge in [-0.25, -0.2) is 0 Å². The Labute approximate surface area is 129 Å². The van der Waals surface area contributed by atoms with Gasteiger partial charge in [0.15, 0.2) is 0 Å². The Balaban J connectivity index is 2.40. The second kappa shape index (κ2) is 5.98. The molecule has 0 aliphatic carbocycles. The van der Waals surface area contributed by atoms with Crippen molar-refractivity contribution in [1.82, 2.24) is 9.97 Å². The molecule has 0 unspecified atom stereocenters. The van der Waals surface area contributed by atoms with E-state index in [1.807, 2.05) is 0 Å². The molecule has 2 rings (SSSR count). The number of halogens is 6. The first kappa shape index (κ1) is 17.5. The van der Waals surface area contributed by atoms with Gasteiger partial charge in [-0.1, -0.05) is 0 Å². The van der Waals surface area contributed by atoms with Crippen molar-refractivity contribution in [2.45, 2.75) is 12.4 Å². The van der Waals surface area contributed by atoms with Crippen LogP contribution in [0.25, 0.3) is 0 Å². The van der Waals surface area contributed by atoms with E-state index in [1.54, 1.807) is 10.3 Å². The predicted octanol–water partition coefficient (Wildman–Crippen LogP) is 3.06. The summed E-state index contributed by atoms with van der Waals surface area (Å²) < 4.78 is 76.2. The van der Waals surface area contributed by atoms with Crippen LogP contribution in [0.5, 0.6) is 0 Å². The van der Waals surface area contributed by atoms with Gasteiger partial charge < -0.3 is 10.3 Å². The molecule has 2 N–H and O–H groups in total. The van der Waals surface area contributed by atoms with Gasteiger partial charge in [0, 0.05) is 18.6 Å². The van der Waals surface area contributed by atoms with Gasteiger partial charge in [-0.15, -0.1) is 0 Å². The fourth-order valence-electron chi connectivity index (χ4n) is 1.75. The molecule has 2 heterocycles. The Morgan fingerprint density at radius 2 is 1.79 bits per heavy atom. The van der Waals surface area contributed by atoms with Crippen molar-refractivity contribution in [2.24, 2.45) is 0 Å². The number of alkyl halides is 6. The first-order chi connectivity index (χ1) is 11.0. The molecule has 2 aromatic rings. The Morgan fingerprint density at radius 1 is 1.12 bits per heavy atom. The van der Waals surface area contributed by atoms with Gasteiger partial charge in [-0.2, -0.15) is 26.3 Å². The minimum absolute atomic E-state index is 0.325. The molecular weight excluding hydrogens is 344 g/mol. The summed E-state index contributed by atoms with van der Waals surface area (Å²) in [5, 5.41) is 1.74. The van der Waals surface area contributed by atoms with Gasteiger partial charge in [0.25, 0.3) is 11.5 Å². The minimum atomic E-state index is -4.90. The molecule has 24 heavy (non-hydrogen) atoms. The highest BCUT2D eigenvalue weighted by molar-refractivity contribution is 6.05. The largest absolute Gasteiger partial charge is 0.418 e. The van der Waals surface area contributed by atoms with E-state index < -0.39 is 46.2 Å². The van der Waals surface area contributed by atoms with Crippen LogP contribution >= 0.6 is 0 Å². The minimum Gasteiger partial charge on any atom is -0.327 e. The van der Waals surface area contributed by atoms with Crippen LogP contribution in [-0.4, -0.2) is 15.9 Å². The molecule has 0 fully saturated rings. The smallest absolute Gasteiger partial charge is 0.327 e. The number of hydrogen-bond acceptors (Lipinski definition) is 3. The van der Waals surface area contributed by atoms with Crippen molar-refractivity contribution in [1.29, 1.82) is 0 Å². The zero-order valence-corrected chi connectivity index (χ0v) is 11.4. The van der Waals surface area contributed by atoms with Crippen LogP contribution in [0.2, 0.25) is 0 Å². The van der Waals surface area contributed by atoms with Gasteiger partial charge in [-0.05, 0) is 12.1 Å². The highest BCUT2D eigenvalue weighted by Gasteiger charge is 2.36. The fourth-order valence-corrected chi connectivity index (χ4v) is 1.75. The van der Waals surface area contributed by atoms with Crippen molar-refractivity contribution in [3.63, 3.8) is 0 Å². The first-order valence-electron chi connectivity index (χ1n) is 6.12. The number of carbonyl (C=O) groups is 1. The molecular formula is C13H7F6N3O2. The standard InChI is InChI=1S/C13H7F6N3O2/c14-12(15,16)6-3-9(11(24)21-4-6)22-10(23)7-1-2-20-5-8(7)13(17,18)19/h1-5H,(H,21,24)(H,22,23). The number of nitrogens with zero attached hydrogens (tertiary/aromatic N) is 1. The molecule has 0 aliphatic heterocycles. The van der Waals surface area contributed by atoms with Crippen LogP contribution in [0.1, 0.15) is 21.5 Å². The van der Waals surface area contributed by atoms with Gasteiger partial charge >= 0.3 is 12.4 Å². The van der Waals surface area contributed by atoms with Gasteiger partial charge in [-0.3, -0.25) is 14.6 Å². The molecule has 0 atom stereocenters. The summed E-state index contributed by atoms with van der Waals surface area (Å²) >= 11 is 0. The number of amides is 1. The maximum atomic E-state index is 12.8. The number of H-pyrrole nitrogens is 1. The van der Waals surface area contributed by atoms with Crippen LogP contribution in [0.3, 0.4) is 0 Å². The molecule has 0 saturated carbocycles. The number of carbonyl (C=O) groups excluding carboxylic acids is 1. The Hall–Kier alpha value is -2.85. The fraction of sp³-hybridized carbons (Fsp3) is 0.154. The van der Waals surface area contributed by atoms with Crippen molar-refractivity contribution in [3.8, 4) is 0 Å². The lowest BCUT2D eigenvalue weighted by atomic mass is 10.1. The molecule has 0 spiro atoms. The number of rotatable bonds is 2. The summed E-state index contributed by atoms with van der Waals surface area (Å²) in [6, 6.07) is 1.06. The lowest BCUT2D eigenvalue weighted by Gasteiger charge is -2.12. The monoisotopic (exact) mass is 351 g/mol. The maximum absolute atomic E-state index is 12.8. The normalized spacial score (nSPS) is 12.1. The Bertz CT molecular complexity index is 825. The number of aromatic amines is 1. The Morgan fingerprint density at radius 3 is 2.38 bits per heavy atom. The van der Waals surface area contributed by atoms with Crippen LogP contribution in [0.4, 0.5) is 32.0 Å². The van der Waals surface area contributed by atoms with Gasteiger partial charge in [0.05, 0.1) is 16.7 Å². The SMILES string of the molecule is O=C(Nc1cc(C(F)(F)F)c[nH]c1=O)c1ccncc1C(F)(F)F. The van der Waals surface area contributed by atoms with E-state index in [1.165, 1.54) is 0 Å². The molecule has 0 bridgehead atoms. The number of aromatic nitrogens is 2. The Kier molecular flexibility index (Phi) is 4.36. The van der Waals surface area contributed by atoms with Crippen molar-refractivity contribution in [2.75, 3.05) is 5.32 Å². The summed E-state index contributed by atoms with van der Waals surface area (Å²) in [7, 11) is 0. The van der Waals surface area contributed by atoms with Crippen LogP contribution < -0.4 is 10.9 Å². The average Bonchev–Trinajstić information content (AvgIpc) is 2.47. The molecule has 128 valence electrons. The van der Waals surface area contributed by atoms with E-state index in [-0.39, 0.29) is 0 Å². The third-order valence-electron chi connectivity index (χ3n) is 2.85. The number of anilines is 1. The molecule has 11 heteroatoms. The first-order valence-corrected chi connectivity index (χ1v) is 6.12. The second-order valence-electron chi connectivity index (χ2n) is 4.50. The highest BCUT2D eigenvalue weighted by Crippen LogP contribution is 2.32. The van der Waals surface area contributed by atoms with Crippen LogP contribution in [0.15, 0.2) is 35.5 Å². The number of pyridine rings is 2. The topological polar surface area (TPSA) is 74.8 Å². The van der Waals surface area contributed by atoms with E-state index >= 15 is 0 Å². The van der Waals surface area contributed by atoms with Crippen LogP contribution in [0, 0.1) is 0 Å². The van der Waals surface area contributed by atoms with E-state index in [4.69, 9.17) is 0 Å². The molecule has 5 nitrogen and oxygen atoms in total. The zero-order valence-electron chi connectivity index (χ0n) is 11.4. The van der Waals surface area contributed by atoms with E-state index in [0.29, 0.717) is 18.5 Å². The third-order valence-corrected chi connectivity index (χ3v) is 2.85. The average molecular weight is 351 g/mol. The third kappa shape index (κ3) is 3.73. The van der Waals surface area contributed by atoms with E-state index in [2.05, 4.69) is 4.98 Å². The molecule has 0 aliphatic rings. The molecule has 1 amide bonds. The van der Waals surface area contributed by atoms with Crippen molar-refractivity contribution in [3.05, 3.63) is 57.8 Å². The highest BCUT2D eigenvalue weighted by atomic mass is 19.4. The van der Waals surface area contributed by atoms with Gasteiger partial charge in [0.1, 0.15) is 5.69 Å². The summed E-state index contributed by atoms with van der Waals surface area (Å²) in [4.78, 5) is 28.4. The van der Waals surface area contributed by atoms with Gasteiger partial charge in [0.2, 0.25) is 0 Å². The maximum Gasteiger partial charge on any atom is 0.418 e. The van der Waals surface area contributed by atoms with Crippen LogP contribution in [-0.2, 0) is 12.4 Å². The predicted molar refractivity (Wildman–Crippen MR) is 69.3 cm³/mol. The molecule has 0 saturated heterocycles. The molecule has 0 radical (unpaired) electrons. The van der Waals surface area contributed by atoms with E-state index in [0.717, 1.165) is 12.3 Å². The van der Waals surface area contributed by atoms with Crippen molar-refractivity contribution >= 4 is 11.6 Å². The summed E-state index contributed by atoms with van der Waals surface area (Å²) in [6.45, 7) is 0. The summed E-state index contributed by atoms with van der Waals surface area (Å²) in [6.07, 6.45) is -8.03. The zero-order chi connectivity index (χ0) is 18.1. The summed E-state index contributed by atoms with van der Waals surface area (Å²) in [5.41, 5.74) is -5.47. The number of nitrogens with one attached hydrogen (secondary N) is 2. The number of hydrogen-bond donors (Lipinski definition) is 2. The lowest BCUT2D eigenvalue weighted by molar-refractivity contribution is -0.138. The molecule has 0 aromatic carbocycles. The summed E-state index contributed by atoms with van der Waals surface area (Å²) in [5.74, 6) is -1.39. The molecule has 2 aromatic heterocycles. The van der Waals surface area contributed by atoms with E-state index in [9.17, 15) is 35.9 Å². The second-order valence-corrected chi connectivity index (χ2v) is 4.50. The lowest BCUT2D eigenvalue weighted by Crippen LogP contribution is -2.24. The van der Waals surface area contributed by atoms with Crippen molar-refractivity contribution < 1.29 is 31.1 Å². The quantitative estimate of drug-likeness (QED) is 0.817.